The van der Waals surface area contributed by atoms with Crippen LogP contribution >= 0.6 is 0 Å². The van der Waals surface area contributed by atoms with E-state index in [0.29, 0.717) is 24.6 Å². The summed E-state index contributed by atoms with van der Waals surface area (Å²) in [7, 11) is 1.39. The Kier molecular flexibility index (Phi) is 5.63. The van der Waals surface area contributed by atoms with Crippen LogP contribution in [0.2, 0.25) is 0 Å². The second-order valence-corrected chi connectivity index (χ2v) is 8.39. The monoisotopic (exact) mass is 387 g/mol. The van der Waals surface area contributed by atoms with E-state index in [-0.39, 0.29) is 18.0 Å². The van der Waals surface area contributed by atoms with Crippen molar-refractivity contribution in [2.75, 3.05) is 20.2 Å². The zero-order valence-corrected chi connectivity index (χ0v) is 17.3. The van der Waals surface area contributed by atoms with E-state index in [1.807, 2.05) is 43.5 Å². The summed E-state index contributed by atoms with van der Waals surface area (Å²) in [6.45, 7) is 9.14. The third kappa shape index (κ3) is 4.13. The fraction of sp³-hybridized carbons (Fsp3) is 0.571. The van der Waals surface area contributed by atoms with Crippen LogP contribution in [0.3, 0.4) is 0 Å². The number of piperidine rings is 1. The molecule has 3 rings (SSSR count). The van der Waals surface area contributed by atoms with Gasteiger partial charge in [0.15, 0.2) is 0 Å². The van der Waals surface area contributed by atoms with Crippen LogP contribution < -0.4 is 0 Å². The number of hydrogen-bond acceptors (Lipinski definition) is 5. The first-order valence-corrected chi connectivity index (χ1v) is 9.74. The van der Waals surface area contributed by atoms with Crippen LogP contribution in [0.4, 0.5) is 4.79 Å². The van der Waals surface area contributed by atoms with Gasteiger partial charge in [0.05, 0.1) is 18.2 Å². The third-order valence-electron chi connectivity index (χ3n) is 5.33. The molecule has 1 amide bonds. The summed E-state index contributed by atoms with van der Waals surface area (Å²) in [6, 6.07) is 5.58. The minimum atomic E-state index is -0.484. The molecule has 1 fully saturated rings. The highest BCUT2D eigenvalue weighted by Crippen LogP contribution is 2.34. The van der Waals surface area contributed by atoms with Gasteiger partial charge in [-0.1, -0.05) is 6.92 Å². The molecule has 0 aliphatic carbocycles. The van der Waals surface area contributed by atoms with Gasteiger partial charge in [-0.05, 0) is 57.7 Å². The van der Waals surface area contributed by atoms with Crippen molar-refractivity contribution in [2.24, 2.45) is 5.92 Å². The first kappa shape index (κ1) is 20.2. The van der Waals surface area contributed by atoms with Crippen LogP contribution in [0, 0.1) is 5.92 Å². The van der Waals surface area contributed by atoms with E-state index in [0.717, 1.165) is 24.1 Å². The number of fused-ring (bicyclic) bond motifs is 1. The number of amides is 1. The van der Waals surface area contributed by atoms with Gasteiger partial charge in [-0.3, -0.25) is 0 Å². The van der Waals surface area contributed by atoms with Crippen molar-refractivity contribution in [1.29, 1.82) is 0 Å². The Morgan fingerprint density at radius 2 is 1.93 bits per heavy atom. The summed E-state index contributed by atoms with van der Waals surface area (Å²) in [5, 5.41) is 4.44. The van der Waals surface area contributed by atoms with E-state index >= 15 is 0 Å². The average Bonchev–Trinajstić information content (AvgIpc) is 3.05. The maximum atomic E-state index is 12.3. The van der Waals surface area contributed by atoms with Crippen molar-refractivity contribution in [1.82, 2.24) is 14.5 Å². The molecular weight excluding hydrogens is 358 g/mol. The van der Waals surface area contributed by atoms with Crippen molar-refractivity contribution >= 4 is 17.6 Å². The van der Waals surface area contributed by atoms with E-state index < -0.39 is 5.60 Å². The van der Waals surface area contributed by atoms with E-state index in [1.54, 1.807) is 11.1 Å². The van der Waals surface area contributed by atoms with Gasteiger partial charge in [0.2, 0.25) is 0 Å². The Morgan fingerprint density at radius 3 is 2.54 bits per heavy atom. The van der Waals surface area contributed by atoms with Crippen molar-refractivity contribution in [2.45, 2.75) is 52.1 Å². The molecule has 0 spiro atoms. The van der Waals surface area contributed by atoms with Crippen molar-refractivity contribution < 1.29 is 19.1 Å². The quantitative estimate of drug-likeness (QED) is 0.748. The predicted molar refractivity (Wildman–Crippen MR) is 105 cm³/mol. The standard InChI is InChI=1S/C21H29N3O4/c1-14(15-8-11-23(12-9-15)20(26)28-21(2,3)4)18-13-16(19(25)27-5)17-7-6-10-22-24(17)18/h6-7,10,13-15H,8-9,11-12H2,1-5H3. The summed E-state index contributed by atoms with van der Waals surface area (Å²) >= 11 is 0. The predicted octanol–water partition coefficient (Wildman–Crippen LogP) is 3.87. The molecular formula is C21H29N3O4. The second kappa shape index (κ2) is 7.81. The SMILES string of the molecule is COC(=O)c1cc(C(C)C2CCN(C(=O)OC(C)(C)C)CC2)n2ncccc12. The van der Waals surface area contributed by atoms with Gasteiger partial charge in [-0.2, -0.15) is 5.10 Å². The summed E-state index contributed by atoms with van der Waals surface area (Å²) in [5.74, 6) is 0.231. The summed E-state index contributed by atoms with van der Waals surface area (Å²) in [5.41, 5.74) is 1.79. The third-order valence-corrected chi connectivity index (χ3v) is 5.33. The van der Waals surface area contributed by atoms with Crippen molar-refractivity contribution in [3.05, 3.63) is 35.7 Å². The molecule has 0 saturated carbocycles. The topological polar surface area (TPSA) is 73.1 Å². The second-order valence-electron chi connectivity index (χ2n) is 8.39. The number of methoxy groups -OCH3 is 1. The largest absolute Gasteiger partial charge is 0.465 e. The molecule has 7 heteroatoms. The van der Waals surface area contributed by atoms with Gasteiger partial charge in [0.1, 0.15) is 5.60 Å². The van der Waals surface area contributed by atoms with E-state index in [4.69, 9.17) is 9.47 Å². The average molecular weight is 387 g/mol. The minimum Gasteiger partial charge on any atom is -0.465 e. The molecule has 1 saturated heterocycles. The molecule has 1 aliphatic rings. The number of carbonyl (C=O) groups is 2. The molecule has 3 heterocycles. The number of carbonyl (C=O) groups excluding carboxylic acids is 2. The van der Waals surface area contributed by atoms with Crippen LogP contribution in [-0.2, 0) is 9.47 Å². The Hall–Kier alpha value is -2.57. The van der Waals surface area contributed by atoms with Gasteiger partial charge >= 0.3 is 12.1 Å². The van der Waals surface area contributed by atoms with Gasteiger partial charge < -0.3 is 14.4 Å². The smallest absolute Gasteiger partial charge is 0.410 e. The van der Waals surface area contributed by atoms with Gasteiger partial charge in [0.25, 0.3) is 0 Å². The Labute approximate surface area is 165 Å². The van der Waals surface area contributed by atoms with Gasteiger partial charge in [-0.25, -0.2) is 14.1 Å². The lowest BCUT2D eigenvalue weighted by Gasteiger charge is -2.35. The molecule has 0 bridgehead atoms. The fourth-order valence-corrected chi connectivity index (χ4v) is 3.81. The lowest BCUT2D eigenvalue weighted by molar-refractivity contribution is 0.0175. The molecule has 0 N–H and O–H groups in total. The molecule has 1 atom stereocenters. The normalized spacial score (nSPS) is 16.8. The number of rotatable bonds is 3. The van der Waals surface area contributed by atoms with Gasteiger partial charge in [0, 0.05) is 30.9 Å². The maximum absolute atomic E-state index is 12.3. The molecule has 1 unspecified atom stereocenters. The highest BCUT2D eigenvalue weighted by atomic mass is 16.6. The van der Waals surface area contributed by atoms with Crippen LogP contribution in [-0.4, -0.2) is 52.4 Å². The van der Waals surface area contributed by atoms with Gasteiger partial charge in [-0.15, -0.1) is 0 Å². The number of aromatic nitrogens is 2. The molecule has 28 heavy (non-hydrogen) atoms. The number of ether oxygens (including phenoxy) is 2. The van der Waals surface area contributed by atoms with Crippen LogP contribution in [0.25, 0.3) is 5.52 Å². The Bertz CT molecular complexity index is 860. The number of hydrogen-bond donors (Lipinski definition) is 0. The molecule has 0 aromatic carbocycles. The van der Waals surface area contributed by atoms with E-state index in [9.17, 15) is 9.59 Å². The van der Waals surface area contributed by atoms with Crippen molar-refractivity contribution in [3.8, 4) is 0 Å². The summed E-state index contributed by atoms with van der Waals surface area (Å²) in [6.07, 6.45) is 3.23. The van der Waals surface area contributed by atoms with E-state index in [1.165, 1.54) is 7.11 Å². The van der Waals surface area contributed by atoms with Crippen molar-refractivity contribution in [3.63, 3.8) is 0 Å². The first-order chi connectivity index (χ1) is 13.2. The Balaban J connectivity index is 1.75. The summed E-state index contributed by atoms with van der Waals surface area (Å²) < 4.78 is 12.2. The first-order valence-electron chi connectivity index (χ1n) is 9.74. The highest BCUT2D eigenvalue weighted by Gasteiger charge is 2.31. The highest BCUT2D eigenvalue weighted by molar-refractivity contribution is 5.97. The number of nitrogens with zero attached hydrogens (tertiary/aromatic N) is 3. The summed E-state index contributed by atoms with van der Waals surface area (Å²) in [4.78, 5) is 26.2. The molecule has 0 radical (unpaired) electrons. The number of likely N-dealkylation sites (tertiary alicyclic amines) is 1. The fourth-order valence-electron chi connectivity index (χ4n) is 3.81. The van der Waals surface area contributed by atoms with Crippen LogP contribution in [0.1, 0.15) is 62.5 Å². The number of esters is 1. The zero-order valence-electron chi connectivity index (χ0n) is 17.3. The zero-order chi connectivity index (χ0) is 20.5. The molecule has 2 aromatic heterocycles. The van der Waals surface area contributed by atoms with E-state index in [2.05, 4.69) is 12.0 Å². The molecule has 2 aromatic rings. The molecule has 1 aliphatic heterocycles. The maximum Gasteiger partial charge on any atom is 0.410 e. The minimum absolute atomic E-state index is 0.196. The lowest BCUT2D eigenvalue weighted by Crippen LogP contribution is -2.42. The lowest BCUT2D eigenvalue weighted by atomic mass is 9.83. The molecule has 152 valence electrons. The Morgan fingerprint density at radius 1 is 1.25 bits per heavy atom. The van der Waals surface area contributed by atoms with Crippen LogP contribution in [0.15, 0.2) is 24.4 Å². The van der Waals surface area contributed by atoms with Crippen LogP contribution in [0.5, 0.6) is 0 Å². The molecule has 7 nitrogen and oxygen atoms in total.